The molecule has 42 heavy (non-hydrogen) atoms. The quantitative estimate of drug-likeness (QED) is 0.250. The van der Waals surface area contributed by atoms with E-state index < -0.39 is 35.6 Å². The van der Waals surface area contributed by atoms with Gasteiger partial charge in [0.1, 0.15) is 10.0 Å². The van der Waals surface area contributed by atoms with Gasteiger partial charge in [0.15, 0.2) is 0 Å². The number of fused-ring (bicyclic) bond motifs is 2. The van der Waals surface area contributed by atoms with Crippen molar-refractivity contribution in [3.8, 4) is 0 Å². The minimum Gasteiger partial charge on any atom is -0.465 e. The average Bonchev–Trinajstić information content (AvgIpc) is 3.52. The first kappa shape index (κ1) is 31.9. The Kier molecular flexibility index (Phi) is 9.36. The maximum absolute atomic E-state index is 15.1. The number of rotatable bonds is 9. The molecule has 0 saturated carbocycles. The van der Waals surface area contributed by atoms with Crippen molar-refractivity contribution >= 4 is 56.4 Å². The number of hydrogen-bond acceptors (Lipinski definition) is 8. The van der Waals surface area contributed by atoms with Crippen molar-refractivity contribution in [3.63, 3.8) is 0 Å². The van der Waals surface area contributed by atoms with Crippen molar-refractivity contribution in [2.45, 2.75) is 77.1 Å². The molecule has 14 heteroatoms. The largest absolute Gasteiger partial charge is 0.465 e. The lowest BCUT2D eigenvalue weighted by Crippen LogP contribution is -2.56. The molecule has 0 radical (unpaired) electrons. The lowest BCUT2D eigenvalue weighted by molar-refractivity contribution is -0.204. The van der Waals surface area contributed by atoms with Gasteiger partial charge >= 0.3 is 35.6 Å². The fourth-order valence-electron chi connectivity index (χ4n) is 5.47. The number of carbonyl (C=O) groups excluding carboxylic acids is 4. The van der Waals surface area contributed by atoms with Crippen LogP contribution < -0.4 is 10.6 Å². The number of carbonyl (C=O) groups is 4. The first-order valence-electron chi connectivity index (χ1n) is 13.6. The molecule has 2 unspecified atom stereocenters. The van der Waals surface area contributed by atoms with Gasteiger partial charge in [-0.25, -0.2) is 9.59 Å². The highest BCUT2D eigenvalue weighted by Gasteiger charge is 2.67. The number of alkyl halides is 4. The maximum atomic E-state index is 15.1. The summed E-state index contributed by atoms with van der Waals surface area (Å²) in [6.45, 7) is 3.98. The van der Waals surface area contributed by atoms with Gasteiger partial charge in [0.05, 0.1) is 25.3 Å². The normalized spacial score (nSPS) is 18.5. The summed E-state index contributed by atoms with van der Waals surface area (Å²) in [5.41, 5.74) is 0.756. The Bertz CT molecular complexity index is 1300. The Labute approximate surface area is 248 Å². The van der Waals surface area contributed by atoms with Crippen LogP contribution in [0.5, 0.6) is 0 Å². The Hall–Kier alpha value is -3.00. The van der Waals surface area contributed by atoms with Crippen molar-refractivity contribution in [2.75, 3.05) is 24.9 Å². The standard InChI is InChI=1S/C28H32F4N2O6S2/c1-5-13-7-9-15-17(11-13)41-21(19(15)23(35)39-3)33-25(37)27(29,30)28(31,32)26(38)34-22-20(24(36)40-4)16-10-8-14(6-2)12-18(16)42-22/h13-14H,5-12H2,1-4H3,(H,33,37)(H,34,38). The molecular formula is C28H32F4N2O6S2. The van der Waals surface area contributed by atoms with E-state index in [4.69, 9.17) is 9.47 Å². The third-order valence-corrected chi connectivity index (χ3v) is 10.4. The fourth-order valence-corrected chi connectivity index (χ4v) is 8.16. The van der Waals surface area contributed by atoms with Crippen molar-refractivity contribution in [1.29, 1.82) is 0 Å². The van der Waals surface area contributed by atoms with Crippen LogP contribution in [0.3, 0.4) is 0 Å². The summed E-state index contributed by atoms with van der Waals surface area (Å²) in [6, 6.07) is 0. The van der Waals surface area contributed by atoms with E-state index in [2.05, 4.69) is 0 Å². The SMILES string of the molecule is CCC1CCc2c(sc(NC(=O)C(F)(F)C(F)(F)C(=O)Nc3sc4c(c3C(=O)OC)CCC(CC)C4)c2C(=O)OC)C1. The van der Waals surface area contributed by atoms with Crippen molar-refractivity contribution in [2.24, 2.45) is 11.8 Å². The predicted octanol–water partition coefficient (Wildman–Crippen LogP) is 6.26. The second-order valence-electron chi connectivity index (χ2n) is 10.5. The molecule has 2 aliphatic carbocycles. The number of anilines is 2. The summed E-state index contributed by atoms with van der Waals surface area (Å²) in [6.07, 6.45) is 5.09. The Balaban J connectivity index is 1.60. The molecule has 0 saturated heterocycles. The zero-order chi connectivity index (χ0) is 31.0. The second kappa shape index (κ2) is 12.3. The van der Waals surface area contributed by atoms with Gasteiger partial charge in [-0.15, -0.1) is 22.7 Å². The molecule has 2 aromatic heterocycles. The maximum Gasteiger partial charge on any atom is 0.396 e. The molecule has 2 heterocycles. The topological polar surface area (TPSA) is 111 Å². The molecule has 0 aromatic carbocycles. The fraction of sp³-hybridized carbons (Fsp3) is 0.571. The van der Waals surface area contributed by atoms with Crippen LogP contribution in [0, 0.1) is 11.8 Å². The van der Waals surface area contributed by atoms with E-state index in [1.165, 1.54) is 0 Å². The Morgan fingerprint density at radius 1 is 0.738 bits per heavy atom. The second-order valence-corrected chi connectivity index (χ2v) is 12.7. The molecule has 0 bridgehead atoms. The molecule has 0 spiro atoms. The van der Waals surface area contributed by atoms with Crippen molar-refractivity contribution < 1.29 is 46.2 Å². The van der Waals surface area contributed by atoms with Crippen LogP contribution in [-0.4, -0.2) is 49.8 Å². The molecule has 0 aliphatic heterocycles. The molecule has 0 fully saturated rings. The van der Waals surface area contributed by atoms with Gasteiger partial charge in [-0.2, -0.15) is 17.6 Å². The number of esters is 2. The summed E-state index contributed by atoms with van der Waals surface area (Å²) in [4.78, 5) is 51.6. The molecule has 8 nitrogen and oxygen atoms in total. The monoisotopic (exact) mass is 632 g/mol. The molecule has 2 aliphatic rings. The Morgan fingerprint density at radius 2 is 1.10 bits per heavy atom. The van der Waals surface area contributed by atoms with E-state index in [1.54, 1.807) is 10.6 Å². The smallest absolute Gasteiger partial charge is 0.396 e. The highest BCUT2D eigenvalue weighted by Crippen LogP contribution is 2.44. The summed E-state index contributed by atoms with van der Waals surface area (Å²) >= 11 is 1.71. The lowest BCUT2D eigenvalue weighted by atomic mass is 9.85. The highest BCUT2D eigenvalue weighted by molar-refractivity contribution is 7.17. The van der Waals surface area contributed by atoms with Crippen LogP contribution in [0.1, 0.15) is 81.1 Å². The number of thiophene rings is 2. The van der Waals surface area contributed by atoms with Gasteiger partial charge in [-0.05, 0) is 61.5 Å². The van der Waals surface area contributed by atoms with Crippen LogP contribution in [0.15, 0.2) is 0 Å². The van der Waals surface area contributed by atoms with E-state index >= 15 is 17.6 Å². The van der Waals surface area contributed by atoms with E-state index in [1.807, 2.05) is 13.8 Å². The minimum absolute atomic E-state index is 0.152. The molecule has 2 N–H and O–H groups in total. The molecule has 4 rings (SSSR count). The first-order valence-corrected chi connectivity index (χ1v) is 15.3. The van der Waals surface area contributed by atoms with Gasteiger partial charge in [0.2, 0.25) is 0 Å². The number of nitrogens with one attached hydrogen (secondary N) is 2. The molecular weight excluding hydrogens is 600 g/mol. The number of halogens is 4. The van der Waals surface area contributed by atoms with Gasteiger partial charge in [0.25, 0.3) is 0 Å². The zero-order valence-electron chi connectivity index (χ0n) is 23.6. The van der Waals surface area contributed by atoms with Crippen LogP contribution in [0.25, 0.3) is 0 Å². The van der Waals surface area contributed by atoms with Crippen molar-refractivity contribution in [1.82, 2.24) is 0 Å². The number of amides is 2. The van der Waals surface area contributed by atoms with E-state index in [0.29, 0.717) is 46.6 Å². The van der Waals surface area contributed by atoms with Gasteiger partial charge in [-0.1, -0.05) is 26.7 Å². The molecule has 2 amide bonds. The van der Waals surface area contributed by atoms with E-state index in [0.717, 1.165) is 62.6 Å². The summed E-state index contributed by atoms with van der Waals surface area (Å²) in [5.74, 6) is -17.2. The van der Waals surface area contributed by atoms with E-state index in [-0.39, 0.29) is 33.0 Å². The number of methoxy groups -OCH3 is 2. The van der Waals surface area contributed by atoms with Crippen LogP contribution >= 0.6 is 22.7 Å². The van der Waals surface area contributed by atoms with E-state index in [9.17, 15) is 19.2 Å². The van der Waals surface area contributed by atoms with Gasteiger partial charge < -0.3 is 20.1 Å². The third kappa shape index (κ3) is 5.67. The van der Waals surface area contributed by atoms with Crippen LogP contribution in [-0.2, 0) is 44.7 Å². The first-order chi connectivity index (χ1) is 19.8. The minimum atomic E-state index is -5.52. The highest BCUT2D eigenvalue weighted by atomic mass is 32.1. The number of ether oxygens (including phenoxy) is 2. The Morgan fingerprint density at radius 3 is 1.40 bits per heavy atom. The van der Waals surface area contributed by atoms with Crippen LogP contribution in [0.2, 0.25) is 0 Å². The predicted molar refractivity (Wildman–Crippen MR) is 150 cm³/mol. The summed E-state index contributed by atoms with van der Waals surface area (Å²) in [5, 5.41) is 2.86. The number of hydrogen-bond donors (Lipinski definition) is 2. The average molecular weight is 633 g/mol. The molecule has 230 valence electrons. The van der Waals surface area contributed by atoms with Gasteiger partial charge in [-0.3, -0.25) is 9.59 Å². The lowest BCUT2D eigenvalue weighted by Gasteiger charge is -2.24. The molecule has 2 atom stereocenters. The van der Waals surface area contributed by atoms with Crippen molar-refractivity contribution in [3.05, 3.63) is 32.0 Å². The summed E-state index contributed by atoms with van der Waals surface area (Å²) in [7, 11) is 2.16. The van der Waals surface area contributed by atoms with Crippen LogP contribution in [0.4, 0.5) is 27.6 Å². The third-order valence-electron chi connectivity index (χ3n) is 8.09. The molecule has 2 aromatic rings. The van der Waals surface area contributed by atoms with Gasteiger partial charge in [0, 0.05) is 9.75 Å². The zero-order valence-corrected chi connectivity index (χ0v) is 25.2. The summed E-state index contributed by atoms with van der Waals surface area (Å²) < 4.78 is 69.8.